The summed E-state index contributed by atoms with van der Waals surface area (Å²) in [5.41, 5.74) is 0. The molecule has 0 saturated carbocycles. The van der Waals surface area contributed by atoms with Gasteiger partial charge in [-0.05, 0) is 0 Å². The second-order valence-electron chi connectivity index (χ2n) is 0.603. The summed E-state index contributed by atoms with van der Waals surface area (Å²) in [5.74, 6) is 0. The van der Waals surface area contributed by atoms with Crippen LogP contribution in [0.5, 0.6) is 0 Å². The molecule has 0 aliphatic rings. The molecule has 0 fully saturated rings. The molecule has 0 aromatic carbocycles. The van der Waals surface area contributed by atoms with E-state index in [2.05, 4.69) is 3.45 Å². The number of phosphoric acid groups is 1. The van der Waals surface area contributed by atoms with Crippen molar-refractivity contribution in [2.24, 2.45) is 0 Å². The van der Waals surface area contributed by atoms with E-state index < -0.39 is 24.4 Å². The summed E-state index contributed by atoms with van der Waals surface area (Å²) >= 11 is -2.00. The van der Waals surface area contributed by atoms with Crippen molar-refractivity contribution >= 4 is 7.82 Å². The van der Waals surface area contributed by atoms with E-state index in [0.29, 0.717) is 0 Å². The Morgan fingerprint density at radius 3 is 1.67 bits per heavy atom. The van der Waals surface area contributed by atoms with E-state index >= 15 is 0 Å². The molecule has 42 valence electrons. The third-order valence-electron chi connectivity index (χ3n) is 0.133. The van der Waals surface area contributed by atoms with Crippen molar-refractivity contribution in [3.8, 4) is 0 Å². The summed E-state index contributed by atoms with van der Waals surface area (Å²) in [7, 11) is -4.94. The van der Waals surface area contributed by atoms with E-state index in [-0.39, 0.29) is 37.7 Å². The Morgan fingerprint density at radius 1 is 1.33 bits per heavy atom. The van der Waals surface area contributed by atoms with Crippen LogP contribution < -0.4 is 47.5 Å². The number of rotatable bonds is 2. The first-order chi connectivity index (χ1) is 3.06. The first kappa shape index (κ1) is 17.0. The van der Waals surface area contributed by atoms with Crippen molar-refractivity contribution in [2.45, 2.75) is 0 Å². The van der Waals surface area contributed by atoms with Crippen molar-refractivity contribution in [3.63, 3.8) is 0 Å². The van der Waals surface area contributed by atoms with Gasteiger partial charge in [-0.3, -0.25) is 0 Å². The second-order valence-corrected chi connectivity index (χ2v) is 2.66. The van der Waals surface area contributed by atoms with E-state index in [1.54, 1.807) is 0 Å². The van der Waals surface area contributed by atoms with Gasteiger partial charge in [0.15, 0.2) is 0 Å². The molecule has 9 heavy (non-hydrogen) atoms. The third kappa shape index (κ3) is 17.7. The van der Waals surface area contributed by atoms with Gasteiger partial charge in [0, 0.05) is 0 Å². The van der Waals surface area contributed by atoms with Crippen LogP contribution in [0.2, 0.25) is 0 Å². The van der Waals surface area contributed by atoms with Gasteiger partial charge < -0.3 is 0 Å². The van der Waals surface area contributed by atoms with Gasteiger partial charge in [0.05, 0.1) is 0 Å². The average Bonchev–Trinajstić information content (AvgIpc) is 1.30. The molecule has 0 aromatic rings. The molecular formula is Li2O5PV. The second kappa shape index (κ2) is 7.79. The van der Waals surface area contributed by atoms with Crippen LogP contribution in [-0.4, -0.2) is 0 Å². The fourth-order valence-electron chi connectivity index (χ4n) is 0.0408. The molecular weight excluding hydrogens is 176 g/mol. The zero-order chi connectivity index (χ0) is 5.91. The molecule has 0 rings (SSSR count). The molecule has 0 aliphatic carbocycles. The van der Waals surface area contributed by atoms with Gasteiger partial charge in [-0.2, -0.15) is 0 Å². The summed E-state index contributed by atoms with van der Waals surface area (Å²) < 4.78 is 21.8. The van der Waals surface area contributed by atoms with E-state index in [1.165, 1.54) is 0 Å². The zero-order valence-electron chi connectivity index (χ0n) is 4.94. The Hall–Kier alpha value is 1.69. The van der Waals surface area contributed by atoms with E-state index in [0.717, 1.165) is 0 Å². The molecule has 0 spiro atoms. The normalized spacial score (nSPS) is 8.67. The molecule has 0 aromatic heterocycles. The molecule has 9 heteroatoms. The molecule has 0 N–H and O–H groups in total. The summed E-state index contributed by atoms with van der Waals surface area (Å²) in [6.07, 6.45) is 0. The van der Waals surface area contributed by atoms with Gasteiger partial charge in [-0.15, -0.1) is 0 Å². The summed E-state index contributed by atoms with van der Waals surface area (Å²) in [5, 5.41) is 0. The van der Waals surface area contributed by atoms with Gasteiger partial charge in [-0.1, -0.05) is 0 Å². The van der Waals surface area contributed by atoms with E-state index in [4.69, 9.17) is 0 Å². The number of hydrogen-bond donors (Lipinski definition) is 0. The Labute approximate surface area is 83.2 Å². The summed E-state index contributed by atoms with van der Waals surface area (Å²) in [4.78, 5) is 18.6. The Balaban J connectivity index is -0.000000180. The minimum absolute atomic E-state index is 0. The maximum atomic E-state index is 9.30. The average molecular weight is 176 g/mol. The minimum atomic E-state index is -4.94. The molecule has 0 radical (unpaired) electrons. The van der Waals surface area contributed by atoms with Crippen LogP contribution in [0.1, 0.15) is 0 Å². The Morgan fingerprint density at radius 2 is 1.67 bits per heavy atom. The van der Waals surface area contributed by atoms with Crippen LogP contribution in [0, 0.1) is 0 Å². The fourth-order valence-corrected chi connectivity index (χ4v) is 0.505. The molecule has 0 atom stereocenters. The zero-order valence-corrected chi connectivity index (χ0v) is 7.23. The third-order valence-corrected chi connectivity index (χ3v) is 1.65. The Kier molecular flexibility index (Phi) is 14.7. The standard InChI is InChI=1S/2Li.H3O4P.O.V/c;;1-5(2,3)4;;/h;;(H3,1,2,3,4);;/q2*+1;;;+1/p-3. The van der Waals surface area contributed by atoms with Crippen LogP contribution in [-0.2, 0) is 28.3 Å². The molecule has 0 saturated heterocycles. The predicted octanol–water partition coefficient (Wildman–Crippen LogP) is -7.82. The molecule has 5 nitrogen and oxygen atoms in total. The monoisotopic (exact) mass is 176 g/mol. The molecule has 0 heterocycles. The van der Waals surface area contributed by atoms with Gasteiger partial charge in [0.1, 0.15) is 0 Å². The van der Waals surface area contributed by atoms with Crippen molar-refractivity contribution in [3.05, 3.63) is 0 Å². The van der Waals surface area contributed by atoms with Gasteiger partial charge >= 0.3 is 83.6 Å². The fraction of sp³-hybridized carbons (Fsp3) is 0. The van der Waals surface area contributed by atoms with Crippen LogP contribution in [0.25, 0.3) is 0 Å². The summed E-state index contributed by atoms with van der Waals surface area (Å²) in [6.45, 7) is 0. The van der Waals surface area contributed by atoms with Crippen LogP contribution in [0.15, 0.2) is 0 Å². The van der Waals surface area contributed by atoms with E-state index in [9.17, 15) is 18.0 Å². The summed E-state index contributed by atoms with van der Waals surface area (Å²) in [6, 6.07) is 0. The van der Waals surface area contributed by atoms with Crippen molar-refractivity contribution < 1.29 is 75.8 Å². The van der Waals surface area contributed by atoms with Crippen LogP contribution in [0.4, 0.5) is 0 Å². The topological polar surface area (TPSA) is 89.5 Å². The van der Waals surface area contributed by atoms with Crippen LogP contribution >= 0.6 is 7.82 Å². The quantitative estimate of drug-likeness (QED) is 0.307. The SMILES string of the molecule is [Li+].[Li+].[O]=[V][O]P(=O)([O-])[O-]. The predicted molar refractivity (Wildman–Crippen MR) is 9.38 cm³/mol. The molecule has 0 bridgehead atoms. The number of hydrogen-bond acceptors (Lipinski definition) is 5. The van der Waals surface area contributed by atoms with E-state index in [1.807, 2.05) is 0 Å². The first-order valence-corrected chi connectivity index (χ1v) is 3.70. The first-order valence-electron chi connectivity index (χ1n) is 1.10. The van der Waals surface area contributed by atoms with Gasteiger partial charge in [0.2, 0.25) is 0 Å². The van der Waals surface area contributed by atoms with Crippen LogP contribution in [0.3, 0.4) is 0 Å². The van der Waals surface area contributed by atoms with Gasteiger partial charge in [0.25, 0.3) is 0 Å². The molecule has 0 amide bonds. The van der Waals surface area contributed by atoms with Gasteiger partial charge in [-0.25, -0.2) is 0 Å². The molecule has 0 aliphatic heterocycles. The maximum absolute atomic E-state index is 9.30. The van der Waals surface area contributed by atoms with Crippen molar-refractivity contribution in [2.75, 3.05) is 0 Å². The Bertz CT molecular complexity index is 108. The van der Waals surface area contributed by atoms with Crippen molar-refractivity contribution in [1.29, 1.82) is 0 Å². The molecule has 0 unspecified atom stereocenters. The van der Waals surface area contributed by atoms with Crippen molar-refractivity contribution in [1.82, 2.24) is 0 Å².